The van der Waals surface area contributed by atoms with Gasteiger partial charge in [-0.25, -0.2) is 9.59 Å². The smallest absolute Gasteiger partial charge is 0.336 e. The number of ether oxygens (including phenoxy) is 2. The molecule has 0 radical (unpaired) electrons. The number of carbonyl (C=O) groups is 1. The average molecular weight is 340 g/mol. The van der Waals surface area contributed by atoms with Crippen molar-refractivity contribution in [3.8, 4) is 5.75 Å². The highest BCUT2D eigenvalue weighted by Gasteiger charge is 2.26. The summed E-state index contributed by atoms with van der Waals surface area (Å²) in [7, 11) is 0. The zero-order valence-corrected chi connectivity index (χ0v) is 14.1. The second kappa shape index (κ2) is 7.38. The lowest BCUT2D eigenvalue weighted by Crippen LogP contribution is -2.06. The number of benzene rings is 1. The third-order valence-electron chi connectivity index (χ3n) is 4.17. The van der Waals surface area contributed by atoms with E-state index in [0.717, 1.165) is 18.2 Å². The molecule has 1 saturated heterocycles. The largest absolute Gasteiger partial charge is 0.489 e. The predicted octanol–water partition coefficient (Wildman–Crippen LogP) is 3.77. The Morgan fingerprint density at radius 1 is 1.32 bits per heavy atom. The van der Waals surface area contributed by atoms with Crippen molar-refractivity contribution in [2.45, 2.75) is 32.3 Å². The molecular weight excluding hydrogens is 320 g/mol. The van der Waals surface area contributed by atoms with Crippen LogP contribution in [0.1, 0.15) is 26.2 Å². The number of cyclic esters (lactones) is 1. The van der Waals surface area contributed by atoms with Gasteiger partial charge in [0.05, 0.1) is 0 Å². The van der Waals surface area contributed by atoms with E-state index in [2.05, 4.69) is 6.58 Å². The van der Waals surface area contributed by atoms with Gasteiger partial charge in [0.25, 0.3) is 0 Å². The number of allylic oxidation sites excluding steroid dienone is 1. The van der Waals surface area contributed by atoms with E-state index in [1.54, 1.807) is 12.1 Å². The highest BCUT2D eigenvalue weighted by atomic mass is 16.5. The summed E-state index contributed by atoms with van der Waals surface area (Å²) in [6.45, 7) is 6.13. The highest BCUT2D eigenvalue weighted by molar-refractivity contribution is 5.89. The van der Waals surface area contributed by atoms with E-state index in [1.165, 1.54) is 11.6 Å². The first-order valence-electron chi connectivity index (χ1n) is 8.22. The second-order valence-corrected chi connectivity index (χ2v) is 6.19. The molecule has 3 rings (SSSR count). The lowest BCUT2D eigenvalue weighted by molar-refractivity contribution is -0.138. The van der Waals surface area contributed by atoms with Crippen molar-refractivity contribution in [2.24, 2.45) is 0 Å². The van der Waals surface area contributed by atoms with E-state index in [-0.39, 0.29) is 17.7 Å². The predicted molar refractivity (Wildman–Crippen MR) is 94.6 cm³/mol. The van der Waals surface area contributed by atoms with Crippen molar-refractivity contribution in [3.63, 3.8) is 0 Å². The fourth-order valence-electron chi connectivity index (χ4n) is 2.70. The first-order chi connectivity index (χ1) is 12.0. The summed E-state index contributed by atoms with van der Waals surface area (Å²) < 4.78 is 16.1. The van der Waals surface area contributed by atoms with Crippen molar-refractivity contribution in [2.75, 3.05) is 6.61 Å². The maximum atomic E-state index is 11.3. The first-order valence-corrected chi connectivity index (χ1v) is 8.22. The summed E-state index contributed by atoms with van der Waals surface area (Å²) in [5.74, 6) is 0.366. The molecule has 1 unspecified atom stereocenters. The molecule has 2 aromatic rings. The third kappa shape index (κ3) is 4.38. The van der Waals surface area contributed by atoms with Crippen molar-refractivity contribution in [3.05, 3.63) is 64.6 Å². The van der Waals surface area contributed by atoms with Gasteiger partial charge in [0, 0.05) is 29.5 Å². The normalized spacial score (nSPS) is 17.8. The number of esters is 1. The number of rotatable bonds is 6. The SMILES string of the molecule is C=C1CC(CC/C(C)=C\COc2ccc3ccc(=O)oc3c2)OC1=O. The van der Waals surface area contributed by atoms with Gasteiger partial charge < -0.3 is 13.9 Å². The molecule has 1 aliphatic rings. The van der Waals surface area contributed by atoms with Crippen molar-refractivity contribution in [1.82, 2.24) is 0 Å². The molecule has 5 nitrogen and oxygen atoms in total. The molecule has 1 aliphatic heterocycles. The average Bonchev–Trinajstić information content (AvgIpc) is 2.91. The van der Waals surface area contributed by atoms with Crippen molar-refractivity contribution < 1.29 is 18.7 Å². The summed E-state index contributed by atoms with van der Waals surface area (Å²) in [5.41, 5.74) is 1.85. The molecule has 130 valence electrons. The Balaban J connectivity index is 1.51. The van der Waals surface area contributed by atoms with Crippen LogP contribution in [0.5, 0.6) is 5.75 Å². The Kier molecular flexibility index (Phi) is 5.03. The molecule has 5 heteroatoms. The van der Waals surface area contributed by atoms with Crippen LogP contribution in [-0.4, -0.2) is 18.7 Å². The standard InChI is InChI=1S/C20H20O5/c1-13(3-6-17-11-14(2)20(22)24-17)9-10-23-16-7-4-15-5-8-19(21)25-18(15)12-16/h4-5,7-9,12,17H,2-3,6,10-11H2,1H3/b13-9-. The summed E-state index contributed by atoms with van der Waals surface area (Å²) in [6.07, 6.45) is 4.17. The molecular formula is C20H20O5. The Morgan fingerprint density at radius 3 is 2.88 bits per heavy atom. The van der Waals surface area contributed by atoms with Gasteiger partial charge in [-0.2, -0.15) is 0 Å². The van der Waals surface area contributed by atoms with Gasteiger partial charge in [-0.1, -0.05) is 12.2 Å². The van der Waals surface area contributed by atoms with Crippen LogP contribution in [0.2, 0.25) is 0 Å². The van der Waals surface area contributed by atoms with Gasteiger partial charge in [0.1, 0.15) is 24.0 Å². The maximum Gasteiger partial charge on any atom is 0.336 e. The highest BCUT2D eigenvalue weighted by Crippen LogP contribution is 2.24. The van der Waals surface area contributed by atoms with Gasteiger partial charge in [-0.15, -0.1) is 0 Å². The Morgan fingerprint density at radius 2 is 2.12 bits per heavy atom. The maximum absolute atomic E-state index is 11.3. The van der Waals surface area contributed by atoms with E-state index >= 15 is 0 Å². The van der Waals surface area contributed by atoms with Crippen LogP contribution in [0, 0.1) is 0 Å². The Bertz CT molecular complexity index is 874. The second-order valence-electron chi connectivity index (χ2n) is 6.19. The fraction of sp³-hybridized carbons (Fsp3) is 0.300. The van der Waals surface area contributed by atoms with Crippen molar-refractivity contribution >= 4 is 16.9 Å². The van der Waals surface area contributed by atoms with Crippen LogP contribution in [0.3, 0.4) is 0 Å². The molecule has 1 aromatic heterocycles. The first kappa shape index (κ1) is 17.0. The van der Waals surface area contributed by atoms with Crippen LogP contribution < -0.4 is 10.4 Å². The summed E-state index contributed by atoms with van der Waals surface area (Å²) >= 11 is 0. The fourth-order valence-corrected chi connectivity index (χ4v) is 2.70. The van der Waals surface area contributed by atoms with Gasteiger partial charge >= 0.3 is 11.6 Å². The van der Waals surface area contributed by atoms with E-state index in [0.29, 0.717) is 29.9 Å². The Hall–Kier alpha value is -2.82. The van der Waals surface area contributed by atoms with Gasteiger partial charge in [0.15, 0.2) is 0 Å². The van der Waals surface area contributed by atoms with Crippen LogP contribution in [0.15, 0.2) is 63.3 Å². The lowest BCUT2D eigenvalue weighted by atomic mass is 10.0. The van der Waals surface area contributed by atoms with Crippen molar-refractivity contribution in [1.29, 1.82) is 0 Å². The minimum absolute atomic E-state index is 0.0624. The van der Waals surface area contributed by atoms with Crippen LogP contribution in [0.25, 0.3) is 11.0 Å². The number of hydrogen-bond donors (Lipinski definition) is 0. The molecule has 0 N–H and O–H groups in total. The quantitative estimate of drug-likeness (QED) is 0.347. The molecule has 2 heterocycles. The number of fused-ring (bicyclic) bond motifs is 1. The molecule has 0 saturated carbocycles. The van der Waals surface area contributed by atoms with Crippen LogP contribution >= 0.6 is 0 Å². The zero-order chi connectivity index (χ0) is 17.8. The van der Waals surface area contributed by atoms with Crippen LogP contribution in [0.4, 0.5) is 0 Å². The van der Waals surface area contributed by atoms with Gasteiger partial charge in [0.2, 0.25) is 0 Å². The molecule has 0 bridgehead atoms. The zero-order valence-electron chi connectivity index (χ0n) is 14.1. The molecule has 25 heavy (non-hydrogen) atoms. The number of hydrogen-bond acceptors (Lipinski definition) is 5. The molecule has 1 fully saturated rings. The topological polar surface area (TPSA) is 65.7 Å². The molecule has 0 amide bonds. The van der Waals surface area contributed by atoms with E-state index < -0.39 is 0 Å². The Labute approximate surface area is 145 Å². The van der Waals surface area contributed by atoms with E-state index in [9.17, 15) is 9.59 Å². The van der Waals surface area contributed by atoms with Gasteiger partial charge in [-0.05, 0) is 44.0 Å². The lowest BCUT2D eigenvalue weighted by Gasteiger charge is -2.09. The summed E-state index contributed by atoms with van der Waals surface area (Å²) in [4.78, 5) is 22.6. The monoisotopic (exact) mass is 340 g/mol. The molecule has 1 aromatic carbocycles. The van der Waals surface area contributed by atoms with E-state index in [4.69, 9.17) is 13.9 Å². The van der Waals surface area contributed by atoms with Crippen LogP contribution in [-0.2, 0) is 9.53 Å². The number of carbonyl (C=O) groups excluding carboxylic acids is 1. The van der Waals surface area contributed by atoms with E-state index in [1.807, 2.05) is 25.1 Å². The minimum atomic E-state index is -0.379. The molecule has 0 spiro atoms. The molecule has 0 aliphatic carbocycles. The minimum Gasteiger partial charge on any atom is -0.489 e. The summed E-state index contributed by atoms with van der Waals surface area (Å²) in [6, 6.07) is 8.52. The molecule has 1 atom stereocenters. The third-order valence-corrected chi connectivity index (χ3v) is 4.17. The van der Waals surface area contributed by atoms with Gasteiger partial charge in [-0.3, -0.25) is 0 Å². The summed E-state index contributed by atoms with van der Waals surface area (Å²) in [5, 5.41) is 0.853.